The van der Waals surface area contributed by atoms with Gasteiger partial charge in [0.05, 0.1) is 5.69 Å². The zero-order chi connectivity index (χ0) is 12.7. The fourth-order valence-corrected chi connectivity index (χ4v) is 1.90. The molecule has 0 radical (unpaired) electrons. The normalized spacial score (nSPS) is 10.1. The molecule has 17 heavy (non-hydrogen) atoms. The summed E-state index contributed by atoms with van der Waals surface area (Å²) in [6.07, 6.45) is 0.805. The van der Waals surface area contributed by atoms with Gasteiger partial charge in [-0.15, -0.1) is 0 Å². The molecule has 2 N–H and O–H groups in total. The minimum atomic E-state index is -0.203. The number of carbonyl (C=O) groups is 1. The minimum absolute atomic E-state index is 0.203. The third kappa shape index (κ3) is 5.19. The summed E-state index contributed by atoms with van der Waals surface area (Å²) < 4.78 is 5.77. The number of aryl methyl sites for hydroxylation is 1. The van der Waals surface area contributed by atoms with Gasteiger partial charge in [-0.1, -0.05) is 6.07 Å². The lowest BCUT2D eigenvalue weighted by atomic mass is 10.2. The van der Waals surface area contributed by atoms with Gasteiger partial charge in [-0.25, -0.2) is 4.79 Å². The maximum Gasteiger partial charge on any atom is 0.319 e. The summed E-state index contributed by atoms with van der Waals surface area (Å²) in [5.41, 5.74) is 1.91. The van der Waals surface area contributed by atoms with Crippen LogP contribution in [0.2, 0.25) is 0 Å². The SMILES string of the molecule is COCCCNC(=O)Nc1ccc(C)cc1Br. The number of halogens is 1. The third-order valence-electron chi connectivity index (χ3n) is 2.18. The van der Waals surface area contributed by atoms with Gasteiger partial charge in [0.25, 0.3) is 0 Å². The van der Waals surface area contributed by atoms with Crippen LogP contribution < -0.4 is 10.6 Å². The second kappa shape index (κ2) is 7.29. The Kier molecular flexibility index (Phi) is 6.00. The minimum Gasteiger partial charge on any atom is -0.385 e. The molecule has 1 aromatic carbocycles. The zero-order valence-corrected chi connectivity index (χ0v) is 11.6. The van der Waals surface area contributed by atoms with Crippen molar-refractivity contribution >= 4 is 27.6 Å². The van der Waals surface area contributed by atoms with Crippen LogP contribution in [0.4, 0.5) is 10.5 Å². The van der Waals surface area contributed by atoms with E-state index < -0.39 is 0 Å². The number of benzene rings is 1. The van der Waals surface area contributed by atoms with E-state index >= 15 is 0 Å². The van der Waals surface area contributed by atoms with Gasteiger partial charge in [0.15, 0.2) is 0 Å². The van der Waals surface area contributed by atoms with Gasteiger partial charge in [-0.3, -0.25) is 0 Å². The summed E-state index contributed by atoms with van der Waals surface area (Å²) in [4.78, 5) is 11.5. The van der Waals surface area contributed by atoms with Crippen molar-refractivity contribution in [2.24, 2.45) is 0 Å². The van der Waals surface area contributed by atoms with Gasteiger partial charge < -0.3 is 15.4 Å². The summed E-state index contributed by atoms with van der Waals surface area (Å²) >= 11 is 3.41. The van der Waals surface area contributed by atoms with E-state index in [1.165, 1.54) is 0 Å². The van der Waals surface area contributed by atoms with E-state index in [0.717, 1.165) is 22.1 Å². The molecule has 0 spiro atoms. The highest BCUT2D eigenvalue weighted by molar-refractivity contribution is 9.10. The molecule has 0 fully saturated rings. The first-order valence-corrected chi connectivity index (χ1v) is 6.22. The molecule has 0 unspecified atom stereocenters. The van der Waals surface area contributed by atoms with Crippen LogP contribution in [0.15, 0.2) is 22.7 Å². The second-order valence-corrected chi connectivity index (χ2v) is 4.56. The van der Waals surface area contributed by atoms with E-state index in [9.17, 15) is 4.79 Å². The molecule has 2 amide bonds. The van der Waals surface area contributed by atoms with Crippen LogP contribution in [-0.4, -0.2) is 26.3 Å². The number of carbonyl (C=O) groups excluding carboxylic acids is 1. The van der Waals surface area contributed by atoms with Crippen molar-refractivity contribution < 1.29 is 9.53 Å². The number of ether oxygens (including phenoxy) is 1. The van der Waals surface area contributed by atoms with Crippen molar-refractivity contribution in [3.63, 3.8) is 0 Å². The molecule has 0 saturated carbocycles. The van der Waals surface area contributed by atoms with Crippen molar-refractivity contribution in [1.82, 2.24) is 5.32 Å². The van der Waals surface area contributed by atoms with Crippen LogP contribution >= 0.6 is 15.9 Å². The molecule has 0 saturated heterocycles. The van der Waals surface area contributed by atoms with Crippen LogP contribution in [0.25, 0.3) is 0 Å². The average Bonchev–Trinajstić information content (AvgIpc) is 2.28. The molecule has 4 nitrogen and oxygen atoms in total. The summed E-state index contributed by atoms with van der Waals surface area (Å²) in [6, 6.07) is 5.57. The number of hydrogen-bond acceptors (Lipinski definition) is 2. The smallest absolute Gasteiger partial charge is 0.319 e. The first-order valence-electron chi connectivity index (χ1n) is 5.43. The zero-order valence-electron chi connectivity index (χ0n) is 10.0. The highest BCUT2D eigenvalue weighted by Crippen LogP contribution is 2.23. The van der Waals surface area contributed by atoms with Crippen LogP contribution in [0.3, 0.4) is 0 Å². The maximum absolute atomic E-state index is 11.5. The maximum atomic E-state index is 11.5. The van der Waals surface area contributed by atoms with Crippen LogP contribution in [0.1, 0.15) is 12.0 Å². The number of nitrogens with one attached hydrogen (secondary N) is 2. The number of anilines is 1. The molecule has 0 bridgehead atoms. The Labute approximate surface area is 110 Å². The lowest BCUT2D eigenvalue weighted by molar-refractivity contribution is 0.194. The van der Waals surface area contributed by atoms with E-state index in [-0.39, 0.29) is 6.03 Å². The Morgan fingerprint density at radius 1 is 1.47 bits per heavy atom. The number of hydrogen-bond donors (Lipinski definition) is 2. The van der Waals surface area contributed by atoms with Crippen molar-refractivity contribution in [3.05, 3.63) is 28.2 Å². The molecule has 0 aliphatic rings. The average molecular weight is 301 g/mol. The molecule has 0 heterocycles. The Balaban J connectivity index is 2.40. The Morgan fingerprint density at radius 3 is 2.88 bits per heavy atom. The number of urea groups is 1. The van der Waals surface area contributed by atoms with E-state index in [1.807, 2.05) is 25.1 Å². The molecule has 1 rings (SSSR count). The van der Waals surface area contributed by atoms with E-state index in [4.69, 9.17) is 4.74 Å². The fraction of sp³-hybridized carbons (Fsp3) is 0.417. The molecular formula is C12H17BrN2O2. The quantitative estimate of drug-likeness (QED) is 0.822. The van der Waals surface area contributed by atoms with Gasteiger partial charge in [-0.05, 0) is 47.0 Å². The van der Waals surface area contributed by atoms with Gasteiger partial charge >= 0.3 is 6.03 Å². The summed E-state index contributed by atoms with van der Waals surface area (Å²) in [7, 11) is 1.64. The monoisotopic (exact) mass is 300 g/mol. The Hall–Kier alpha value is -1.07. The van der Waals surface area contributed by atoms with Crippen molar-refractivity contribution in [1.29, 1.82) is 0 Å². The summed E-state index contributed by atoms with van der Waals surface area (Å²) in [5, 5.41) is 5.53. The van der Waals surface area contributed by atoms with Crippen molar-refractivity contribution in [2.45, 2.75) is 13.3 Å². The third-order valence-corrected chi connectivity index (χ3v) is 2.84. The fourth-order valence-electron chi connectivity index (χ4n) is 1.31. The highest BCUT2D eigenvalue weighted by atomic mass is 79.9. The first-order chi connectivity index (χ1) is 8.13. The molecule has 0 aromatic heterocycles. The summed E-state index contributed by atoms with van der Waals surface area (Å²) in [5.74, 6) is 0. The Morgan fingerprint density at radius 2 is 2.24 bits per heavy atom. The van der Waals surface area contributed by atoms with E-state index in [1.54, 1.807) is 7.11 Å². The number of rotatable bonds is 5. The lowest BCUT2D eigenvalue weighted by Gasteiger charge is -2.09. The molecule has 5 heteroatoms. The van der Waals surface area contributed by atoms with Gasteiger partial charge in [-0.2, -0.15) is 0 Å². The number of amides is 2. The molecule has 0 aliphatic heterocycles. The Bertz CT molecular complexity index is 383. The lowest BCUT2D eigenvalue weighted by Crippen LogP contribution is -2.30. The molecule has 94 valence electrons. The topological polar surface area (TPSA) is 50.4 Å². The largest absolute Gasteiger partial charge is 0.385 e. The predicted octanol–water partition coefficient (Wildman–Crippen LogP) is 2.92. The molecular weight excluding hydrogens is 284 g/mol. The molecule has 0 aliphatic carbocycles. The summed E-state index contributed by atoms with van der Waals surface area (Å²) in [6.45, 7) is 3.25. The van der Waals surface area contributed by atoms with Crippen molar-refractivity contribution in [3.8, 4) is 0 Å². The van der Waals surface area contributed by atoms with Gasteiger partial charge in [0.2, 0.25) is 0 Å². The molecule has 0 atom stereocenters. The molecule has 1 aromatic rings. The highest BCUT2D eigenvalue weighted by Gasteiger charge is 2.04. The van der Waals surface area contributed by atoms with E-state index in [0.29, 0.717) is 13.2 Å². The second-order valence-electron chi connectivity index (χ2n) is 3.71. The predicted molar refractivity (Wildman–Crippen MR) is 72.4 cm³/mol. The van der Waals surface area contributed by atoms with Crippen LogP contribution in [0.5, 0.6) is 0 Å². The standard InChI is InChI=1S/C12H17BrN2O2/c1-9-4-5-11(10(13)8-9)15-12(16)14-6-3-7-17-2/h4-5,8H,3,6-7H2,1-2H3,(H2,14,15,16). The van der Waals surface area contributed by atoms with Gasteiger partial charge in [0.1, 0.15) is 0 Å². The van der Waals surface area contributed by atoms with Gasteiger partial charge in [0, 0.05) is 24.7 Å². The van der Waals surface area contributed by atoms with E-state index in [2.05, 4.69) is 26.6 Å². The van der Waals surface area contributed by atoms with Crippen LogP contribution in [0, 0.1) is 6.92 Å². The van der Waals surface area contributed by atoms with Crippen LogP contribution in [-0.2, 0) is 4.74 Å². The first kappa shape index (κ1) is 14.0. The number of methoxy groups -OCH3 is 1. The van der Waals surface area contributed by atoms with Crippen molar-refractivity contribution in [2.75, 3.05) is 25.6 Å².